The Morgan fingerprint density at radius 1 is 1.32 bits per heavy atom. The standard InChI is InChI=1S/C12H13BrN2O2S2/c1-8(11-5-6-12(13)18-11)15-9-3-2-4-10(7-9)19(14,16)17/h2-8,15H,1H3,(H2,14,16,17). The Morgan fingerprint density at radius 3 is 2.63 bits per heavy atom. The molecule has 3 N–H and O–H groups in total. The van der Waals surface area contributed by atoms with E-state index in [9.17, 15) is 8.42 Å². The van der Waals surface area contributed by atoms with Gasteiger partial charge in [-0.25, -0.2) is 13.6 Å². The second-order valence-corrected chi connectivity index (χ2v) is 8.14. The average Bonchev–Trinajstić information content (AvgIpc) is 2.75. The number of primary sulfonamides is 1. The van der Waals surface area contributed by atoms with Crippen molar-refractivity contribution in [3.05, 3.63) is 45.1 Å². The van der Waals surface area contributed by atoms with E-state index in [4.69, 9.17) is 5.14 Å². The van der Waals surface area contributed by atoms with E-state index in [0.717, 1.165) is 14.4 Å². The molecule has 0 aliphatic carbocycles. The maximum absolute atomic E-state index is 11.3. The molecule has 102 valence electrons. The summed E-state index contributed by atoms with van der Waals surface area (Å²) in [6.45, 7) is 2.02. The molecule has 2 rings (SSSR count). The molecule has 1 atom stereocenters. The number of halogens is 1. The normalized spacial score (nSPS) is 13.2. The van der Waals surface area contributed by atoms with Crippen LogP contribution >= 0.6 is 27.3 Å². The van der Waals surface area contributed by atoms with E-state index in [1.807, 2.05) is 25.1 Å². The molecular weight excluding hydrogens is 348 g/mol. The number of hydrogen-bond acceptors (Lipinski definition) is 4. The average molecular weight is 361 g/mol. The van der Waals surface area contributed by atoms with E-state index in [-0.39, 0.29) is 10.9 Å². The predicted octanol–water partition coefficient (Wildman–Crippen LogP) is 3.33. The topological polar surface area (TPSA) is 72.2 Å². The first kappa shape index (κ1) is 14.5. The van der Waals surface area contributed by atoms with Crippen LogP contribution in [0.3, 0.4) is 0 Å². The lowest BCUT2D eigenvalue weighted by Crippen LogP contribution is -2.13. The van der Waals surface area contributed by atoms with Gasteiger partial charge < -0.3 is 5.32 Å². The molecule has 0 amide bonds. The Kier molecular flexibility index (Phi) is 4.29. The van der Waals surface area contributed by atoms with Crippen molar-refractivity contribution in [2.24, 2.45) is 5.14 Å². The molecule has 2 aromatic rings. The minimum Gasteiger partial charge on any atom is -0.378 e. The van der Waals surface area contributed by atoms with Gasteiger partial charge in [0.25, 0.3) is 0 Å². The number of nitrogens with two attached hydrogens (primary N) is 1. The van der Waals surface area contributed by atoms with Crippen LogP contribution < -0.4 is 10.5 Å². The molecule has 1 aromatic carbocycles. The van der Waals surface area contributed by atoms with Crippen LogP contribution in [0.25, 0.3) is 0 Å². The summed E-state index contributed by atoms with van der Waals surface area (Å²) in [6, 6.07) is 10.6. The van der Waals surface area contributed by atoms with Crippen molar-refractivity contribution in [1.29, 1.82) is 0 Å². The second-order valence-electron chi connectivity index (χ2n) is 4.08. The summed E-state index contributed by atoms with van der Waals surface area (Å²) in [6.07, 6.45) is 0. The number of thiophene rings is 1. The first-order valence-corrected chi connectivity index (χ1v) is 8.66. The maximum Gasteiger partial charge on any atom is 0.238 e. The van der Waals surface area contributed by atoms with Gasteiger partial charge in [-0.1, -0.05) is 6.07 Å². The molecule has 0 aliphatic rings. The van der Waals surface area contributed by atoms with Gasteiger partial charge >= 0.3 is 0 Å². The largest absolute Gasteiger partial charge is 0.378 e. The van der Waals surface area contributed by atoms with Gasteiger partial charge in [0.2, 0.25) is 10.0 Å². The molecule has 0 saturated heterocycles. The van der Waals surface area contributed by atoms with Gasteiger partial charge in [-0.15, -0.1) is 11.3 Å². The molecule has 0 saturated carbocycles. The molecule has 0 fully saturated rings. The first-order valence-electron chi connectivity index (χ1n) is 5.51. The number of anilines is 1. The summed E-state index contributed by atoms with van der Waals surface area (Å²) >= 11 is 5.05. The van der Waals surface area contributed by atoms with Crippen LogP contribution in [0.15, 0.2) is 45.1 Å². The maximum atomic E-state index is 11.3. The minimum atomic E-state index is -3.67. The van der Waals surface area contributed by atoms with E-state index in [1.165, 1.54) is 12.1 Å². The van der Waals surface area contributed by atoms with E-state index < -0.39 is 10.0 Å². The molecule has 0 bridgehead atoms. The van der Waals surface area contributed by atoms with Crippen molar-refractivity contribution in [3.63, 3.8) is 0 Å². The molecule has 0 spiro atoms. The van der Waals surface area contributed by atoms with E-state index in [1.54, 1.807) is 17.4 Å². The zero-order valence-electron chi connectivity index (χ0n) is 10.1. The van der Waals surface area contributed by atoms with E-state index in [0.29, 0.717) is 0 Å². The third-order valence-electron chi connectivity index (χ3n) is 2.57. The van der Waals surface area contributed by atoms with Crippen molar-refractivity contribution in [2.45, 2.75) is 17.9 Å². The summed E-state index contributed by atoms with van der Waals surface area (Å²) in [5, 5.41) is 8.36. The highest BCUT2D eigenvalue weighted by molar-refractivity contribution is 9.11. The minimum absolute atomic E-state index is 0.0898. The van der Waals surface area contributed by atoms with Crippen LogP contribution in [0.2, 0.25) is 0 Å². The summed E-state index contributed by atoms with van der Waals surface area (Å²) in [4.78, 5) is 1.27. The number of sulfonamides is 1. The van der Waals surface area contributed by atoms with Gasteiger partial charge in [-0.2, -0.15) is 0 Å². The third kappa shape index (κ3) is 3.79. The fourth-order valence-corrected chi connectivity index (χ4v) is 3.63. The van der Waals surface area contributed by atoms with Crippen molar-refractivity contribution in [3.8, 4) is 0 Å². The van der Waals surface area contributed by atoms with Gasteiger partial charge in [0.15, 0.2) is 0 Å². The quantitative estimate of drug-likeness (QED) is 0.877. The van der Waals surface area contributed by atoms with Crippen LogP contribution in [-0.4, -0.2) is 8.42 Å². The van der Waals surface area contributed by atoms with Crippen molar-refractivity contribution < 1.29 is 8.42 Å². The monoisotopic (exact) mass is 360 g/mol. The highest BCUT2D eigenvalue weighted by Crippen LogP contribution is 2.29. The van der Waals surface area contributed by atoms with Gasteiger partial charge in [-0.05, 0) is 53.2 Å². The van der Waals surface area contributed by atoms with Gasteiger partial charge in [0, 0.05) is 10.6 Å². The van der Waals surface area contributed by atoms with E-state index in [2.05, 4.69) is 21.2 Å². The number of rotatable bonds is 4. The lowest BCUT2D eigenvalue weighted by molar-refractivity contribution is 0.598. The smallest absolute Gasteiger partial charge is 0.238 e. The molecule has 0 aliphatic heterocycles. The van der Waals surface area contributed by atoms with Crippen LogP contribution in [0, 0.1) is 0 Å². The second kappa shape index (κ2) is 5.62. The fraction of sp³-hybridized carbons (Fsp3) is 0.167. The molecule has 19 heavy (non-hydrogen) atoms. The van der Waals surface area contributed by atoms with Crippen molar-refractivity contribution in [1.82, 2.24) is 0 Å². The fourth-order valence-electron chi connectivity index (χ4n) is 1.64. The SMILES string of the molecule is CC(Nc1cccc(S(N)(=O)=O)c1)c1ccc(Br)s1. The molecule has 4 nitrogen and oxygen atoms in total. The number of benzene rings is 1. The van der Waals surface area contributed by atoms with Crippen LogP contribution in [0.5, 0.6) is 0 Å². The van der Waals surface area contributed by atoms with Crippen molar-refractivity contribution in [2.75, 3.05) is 5.32 Å². The van der Waals surface area contributed by atoms with Crippen LogP contribution in [0.1, 0.15) is 17.8 Å². The van der Waals surface area contributed by atoms with Gasteiger partial charge in [-0.3, -0.25) is 0 Å². The first-order chi connectivity index (χ1) is 8.86. The Balaban J connectivity index is 2.20. The Bertz CT molecular complexity index is 683. The lowest BCUT2D eigenvalue weighted by atomic mass is 10.2. The predicted molar refractivity (Wildman–Crippen MR) is 81.9 cm³/mol. The highest BCUT2D eigenvalue weighted by atomic mass is 79.9. The Hall–Kier alpha value is -0.890. The number of hydrogen-bond donors (Lipinski definition) is 2. The van der Waals surface area contributed by atoms with Gasteiger partial charge in [0.1, 0.15) is 0 Å². The Labute approximate surface area is 124 Å². The Morgan fingerprint density at radius 2 is 2.05 bits per heavy atom. The van der Waals surface area contributed by atoms with E-state index >= 15 is 0 Å². The van der Waals surface area contributed by atoms with Crippen molar-refractivity contribution >= 4 is 43.0 Å². The third-order valence-corrected chi connectivity index (χ3v) is 5.28. The molecule has 1 aromatic heterocycles. The molecule has 0 radical (unpaired) electrons. The molecule has 1 unspecified atom stereocenters. The van der Waals surface area contributed by atoms with Crippen LogP contribution in [-0.2, 0) is 10.0 Å². The highest BCUT2D eigenvalue weighted by Gasteiger charge is 2.11. The zero-order valence-corrected chi connectivity index (χ0v) is 13.3. The molecule has 7 heteroatoms. The zero-order chi connectivity index (χ0) is 14.0. The summed E-state index contributed by atoms with van der Waals surface area (Å²) in [5.41, 5.74) is 0.726. The van der Waals surface area contributed by atoms with Gasteiger partial charge in [0.05, 0.1) is 14.7 Å². The number of nitrogens with one attached hydrogen (secondary N) is 1. The summed E-state index contributed by atoms with van der Waals surface area (Å²) < 4.78 is 23.6. The lowest BCUT2D eigenvalue weighted by Gasteiger charge is -2.14. The van der Waals surface area contributed by atoms with Crippen LogP contribution in [0.4, 0.5) is 5.69 Å². The summed E-state index contributed by atoms with van der Waals surface area (Å²) in [5.74, 6) is 0. The molecular formula is C12H13BrN2O2S2. The molecule has 1 heterocycles. The summed E-state index contributed by atoms with van der Waals surface area (Å²) in [7, 11) is -3.67.